The fraction of sp³-hybridized carbons (Fsp3) is 0.167. The molecule has 198 valence electrons. The second kappa shape index (κ2) is 9.05. The summed E-state index contributed by atoms with van der Waals surface area (Å²) in [4.78, 5) is 13.5. The molecule has 3 aromatic heterocycles. The van der Waals surface area contributed by atoms with Crippen LogP contribution in [0.3, 0.4) is 0 Å². The van der Waals surface area contributed by atoms with Crippen molar-refractivity contribution in [1.82, 2.24) is 4.40 Å². The van der Waals surface area contributed by atoms with E-state index in [0.717, 1.165) is 27.4 Å². The van der Waals surface area contributed by atoms with Crippen molar-refractivity contribution in [2.24, 2.45) is 0 Å². The van der Waals surface area contributed by atoms with Crippen molar-refractivity contribution < 1.29 is 33.2 Å². The van der Waals surface area contributed by atoms with E-state index in [4.69, 9.17) is 28.1 Å². The molecule has 0 aliphatic rings. The van der Waals surface area contributed by atoms with Gasteiger partial charge >= 0.3 is 5.63 Å². The number of methoxy groups -OCH3 is 5. The first-order valence-corrected chi connectivity index (χ1v) is 12.0. The van der Waals surface area contributed by atoms with E-state index >= 15 is 0 Å². The fourth-order valence-electron chi connectivity index (χ4n) is 5.27. The third kappa shape index (κ3) is 3.50. The molecule has 0 radical (unpaired) electrons. The van der Waals surface area contributed by atoms with Gasteiger partial charge in [-0.2, -0.15) is 0 Å². The molecular weight excluding hydrogens is 502 g/mol. The van der Waals surface area contributed by atoms with E-state index in [1.807, 2.05) is 47.0 Å². The van der Waals surface area contributed by atoms with E-state index in [-0.39, 0.29) is 17.1 Å². The number of aromatic nitrogens is 1. The molecule has 3 aromatic carbocycles. The van der Waals surface area contributed by atoms with Gasteiger partial charge in [0.25, 0.3) is 0 Å². The Hall–Kier alpha value is -5.05. The minimum atomic E-state index is -0.552. The second-order valence-corrected chi connectivity index (χ2v) is 8.91. The summed E-state index contributed by atoms with van der Waals surface area (Å²) in [5, 5.41) is 13.4. The van der Waals surface area contributed by atoms with E-state index in [1.54, 1.807) is 34.5 Å². The van der Waals surface area contributed by atoms with Crippen LogP contribution < -0.4 is 29.3 Å². The molecule has 1 N–H and O–H groups in total. The molecule has 0 aliphatic heterocycles. The maximum absolute atomic E-state index is 13.5. The number of phenols is 1. The third-order valence-corrected chi connectivity index (χ3v) is 7.04. The highest BCUT2D eigenvalue weighted by atomic mass is 16.5. The lowest BCUT2D eigenvalue weighted by Crippen LogP contribution is -2.02. The third-order valence-electron chi connectivity index (χ3n) is 7.04. The zero-order valence-electron chi connectivity index (χ0n) is 21.9. The van der Waals surface area contributed by atoms with Gasteiger partial charge in [-0.15, -0.1) is 0 Å². The standard InChI is InChI=1S/C30H25NO8/c1-34-20-7-6-16(11-23(20)36-3)26-27-18-13-22(35-2)19(32)14-21(18)39-30(33)29(27)31-9-8-15-10-24(37-4)25(38-5)12-17(15)28(26)31/h6-14,32H,1-5H3. The lowest BCUT2D eigenvalue weighted by Gasteiger charge is -2.13. The molecular formula is C30H25NO8. The van der Waals surface area contributed by atoms with Gasteiger partial charge in [-0.25, -0.2) is 4.79 Å². The smallest absolute Gasteiger partial charge is 0.361 e. The Bertz CT molecular complexity index is 1990. The Morgan fingerprint density at radius 1 is 0.692 bits per heavy atom. The molecule has 9 heteroatoms. The van der Waals surface area contributed by atoms with Crippen LogP contribution in [0.15, 0.2) is 63.9 Å². The molecule has 6 rings (SSSR count). The van der Waals surface area contributed by atoms with Crippen LogP contribution in [0.5, 0.6) is 34.5 Å². The Morgan fingerprint density at radius 3 is 2.03 bits per heavy atom. The van der Waals surface area contributed by atoms with Crippen LogP contribution in [0.1, 0.15) is 0 Å². The van der Waals surface area contributed by atoms with Crippen LogP contribution in [0.4, 0.5) is 0 Å². The first-order chi connectivity index (χ1) is 18.9. The van der Waals surface area contributed by atoms with E-state index in [9.17, 15) is 9.90 Å². The summed E-state index contributed by atoms with van der Waals surface area (Å²) in [6.45, 7) is 0. The van der Waals surface area contributed by atoms with Crippen LogP contribution in [-0.2, 0) is 0 Å². The first-order valence-electron chi connectivity index (χ1n) is 12.0. The van der Waals surface area contributed by atoms with Crippen LogP contribution in [-0.4, -0.2) is 45.1 Å². The lowest BCUT2D eigenvalue weighted by molar-refractivity contribution is 0.355. The van der Waals surface area contributed by atoms with Crippen molar-refractivity contribution in [2.45, 2.75) is 0 Å². The zero-order valence-corrected chi connectivity index (χ0v) is 21.9. The Morgan fingerprint density at radius 2 is 1.33 bits per heavy atom. The molecule has 3 heterocycles. The monoisotopic (exact) mass is 527 g/mol. The van der Waals surface area contributed by atoms with Gasteiger partial charge in [0.2, 0.25) is 0 Å². The molecule has 0 amide bonds. The largest absolute Gasteiger partial charge is 0.504 e. The summed E-state index contributed by atoms with van der Waals surface area (Å²) in [6.07, 6.45) is 1.83. The van der Waals surface area contributed by atoms with Crippen LogP contribution in [0.25, 0.3) is 49.3 Å². The number of hydrogen-bond acceptors (Lipinski definition) is 8. The van der Waals surface area contributed by atoms with Gasteiger partial charge in [-0.05, 0) is 47.3 Å². The van der Waals surface area contributed by atoms with E-state index in [2.05, 4.69) is 0 Å². The van der Waals surface area contributed by atoms with Gasteiger partial charge < -0.3 is 37.6 Å². The van der Waals surface area contributed by atoms with Gasteiger partial charge in [0.15, 0.2) is 34.5 Å². The predicted octanol–water partition coefficient (Wildman–Crippen LogP) is 5.77. The highest BCUT2D eigenvalue weighted by molar-refractivity contribution is 6.22. The van der Waals surface area contributed by atoms with Crippen molar-refractivity contribution in [2.75, 3.05) is 35.5 Å². The number of phenolic OH excluding ortho intramolecular Hbond substituents is 1. The summed E-state index contributed by atoms with van der Waals surface area (Å²) >= 11 is 0. The molecule has 9 nitrogen and oxygen atoms in total. The number of ether oxygens (including phenoxy) is 5. The number of pyridine rings is 1. The summed E-state index contributed by atoms with van der Waals surface area (Å²) in [5.41, 5.74) is 2.31. The normalized spacial score (nSPS) is 11.4. The molecule has 39 heavy (non-hydrogen) atoms. The number of rotatable bonds is 6. The molecule has 0 aliphatic carbocycles. The zero-order chi connectivity index (χ0) is 27.4. The summed E-state index contributed by atoms with van der Waals surface area (Å²) in [7, 11) is 7.78. The number of fused-ring (bicyclic) bond motifs is 7. The molecule has 0 bridgehead atoms. The lowest BCUT2D eigenvalue weighted by atomic mass is 9.98. The maximum Gasteiger partial charge on any atom is 0.361 e. The molecule has 0 saturated heterocycles. The number of benzene rings is 3. The predicted molar refractivity (Wildman–Crippen MR) is 148 cm³/mol. The van der Waals surface area contributed by atoms with Crippen molar-refractivity contribution in [3.8, 4) is 45.6 Å². The Balaban J connectivity index is 1.91. The van der Waals surface area contributed by atoms with Gasteiger partial charge in [0.05, 0.1) is 41.1 Å². The molecule has 0 unspecified atom stereocenters. The van der Waals surface area contributed by atoms with E-state index < -0.39 is 5.63 Å². The quantitative estimate of drug-likeness (QED) is 0.273. The van der Waals surface area contributed by atoms with Gasteiger partial charge in [0.1, 0.15) is 11.1 Å². The Labute approximate surface area is 222 Å². The van der Waals surface area contributed by atoms with E-state index in [0.29, 0.717) is 39.3 Å². The summed E-state index contributed by atoms with van der Waals surface area (Å²) in [5.74, 6) is 2.35. The molecule has 0 saturated carbocycles. The SMILES string of the molecule is COc1cc2c(cc1O)oc(=O)c1c2c(-c2ccc(OC)c(OC)c2)c2c3cc(OC)c(OC)cc3ccn21. The van der Waals surface area contributed by atoms with Gasteiger partial charge in [0, 0.05) is 34.0 Å². The topological polar surface area (TPSA) is 101 Å². The molecule has 0 atom stereocenters. The van der Waals surface area contributed by atoms with E-state index in [1.165, 1.54) is 13.2 Å². The number of aromatic hydroxyl groups is 1. The Kier molecular flexibility index (Phi) is 5.64. The van der Waals surface area contributed by atoms with Crippen molar-refractivity contribution in [3.05, 3.63) is 65.1 Å². The van der Waals surface area contributed by atoms with Crippen LogP contribution >= 0.6 is 0 Å². The fourth-order valence-corrected chi connectivity index (χ4v) is 5.27. The van der Waals surface area contributed by atoms with Crippen molar-refractivity contribution >= 4 is 38.2 Å². The molecule has 6 aromatic rings. The second-order valence-electron chi connectivity index (χ2n) is 8.91. The van der Waals surface area contributed by atoms with Gasteiger partial charge in [-0.3, -0.25) is 0 Å². The highest BCUT2D eigenvalue weighted by Gasteiger charge is 2.24. The number of nitrogens with zero attached hydrogens (tertiary/aromatic N) is 1. The average Bonchev–Trinajstić information content (AvgIpc) is 3.32. The first kappa shape index (κ1) is 24.3. The summed E-state index contributed by atoms with van der Waals surface area (Å²) < 4.78 is 35.2. The molecule has 0 fully saturated rings. The van der Waals surface area contributed by atoms with Gasteiger partial charge in [-0.1, -0.05) is 6.07 Å². The van der Waals surface area contributed by atoms with Crippen LogP contribution in [0, 0.1) is 0 Å². The van der Waals surface area contributed by atoms with Crippen molar-refractivity contribution in [1.29, 1.82) is 0 Å². The average molecular weight is 528 g/mol. The minimum absolute atomic E-state index is 0.133. The van der Waals surface area contributed by atoms with Crippen molar-refractivity contribution in [3.63, 3.8) is 0 Å². The summed E-state index contributed by atoms with van der Waals surface area (Å²) in [6, 6.07) is 14.3. The molecule has 0 spiro atoms. The number of hydrogen-bond donors (Lipinski definition) is 1. The maximum atomic E-state index is 13.5. The minimum Gasteiger partial charge on any atom is -0.504 e. The highest BCUT2D eigenvalue weighted by Crippen LogP contribution is 2.46. The van der Waals surface area contributed by atoms with Crippen LogP contribution in [0.2, 0.25) is 0 Å².